The first-order chi connectivity index (χ1) is 20.0. The monoisotopic (exact) mass is 540 g/mol. The molecule has 0 radical (unpaired) electrons. The zero-order valence-corrected chi connectivity index (χ0v) is 21.4. The van der Waals surface area contributed by atoms with Gasteiger partial charge in [0.05, 0.1) is 16.7 Å². The number of hydrogen-bond donors (Lipinski definition) is 0. The molecule has 0 unspecified atom stereocenters. The third-order valence-corrected chi connectivity index (χ3v) is 7.10. The number of carbonyl (C=O) groups is 3. The van der Waals surface area contributed by atoms with Crippen LogP contribution in [-0.2, 0) is 10.3 Å². The SMILES string of the molecule is O=C(Oc1ccc2c(c1)Oc1cc(OC(=O)c3ccccc3)ccc1C21OC(=O)c2ccccc21)c1ccccc1. The summed E-state index contributed by atoms with van der Waals surface area (Å²) >= 11 is 0. The molecule has 7 nitrogen and oxygen atoms in total. The Morgan fingerprint density at radius 2 is 1.05 bits per heavy atom. The van der Waals surface area contributed by atoms with E-state index in [0.717, 1.165) is 0 Å². The summed E-state index contributed by atoms with van der Waals surface area (Å²) in [4.78, 5) is 38.5. The van der Waals surface area contributed by atoms with E-state index in [4.69, 9.17) is 18.9 Å². The first-order valence-electron chi connectivity index (χ1n) is 12.9. The smallest absolute Gasteiger partial charge is 0.343 e. The normalized spacial score (nSPS) is 13.7. The van der Waals surface area contributed by atoms with Gasteiger partial charge in [-0.2, -0.15) is 0 Å². The van der Waals surface area contributed by atoms with Crippen LogP contribution in [0, 0.1) is 0 Å². The number of esters is 3. The fourth-order valence-corrected chi connectivity index (χ4v) is 5.24. The lowest BCUT2D eigenvalue weighted by atomic mass is 9.77. The Bertz CT molecular complexity index is 1740. The first kappa shape index (κ1) is 24.4. The minimum atomic E-state index is -1.32. The molecule has 0 aliphatic carbocycles. The van der Waals surface area contributed by atoms with Crippen LogP contribution in [0.5, 0.6) is 23.0 Å². The minimum absolute atomic E-state index is 0.250. The maximum absolute atomic E-state index is 13.1. The summed E-state index contributed by atoms with van der Waals surface area (Å²) in [5.74, 6) is -0.369. The topological polar surface area (TPSA) is 88.1 Å². The van der Waals surface area contributed by atoms with Crippen molar-refractivity contribution in [3.05, 3.63) is 155 Å². The van der Waals surface area contributed by atoms with Crippen LogP contribution in [-0.4, -0.2) is 17.9 Å². The quantitative estimate of drug-likeness (QED) is 0.185. The van der Waals surface area contributed by atoms with E-state index in [2.05, 4.69) is 0 Å². The number of carbonyl (C=O) groups excluding carboxylic acids is 3. The van der Waals surface area contributed by atoms with Gasteiger partial charge in [0.2, 0.25) is 0 Å². The Balaban J connectivity index is 1.32. The summed E-state index contributed by atoms with van der Waals surface area (Å²) in [5.41, 5.74) is 1.70. The maximum atomic E-state index is 13.1. The Kier molecular flexibility index (Phi) is 5.64. The largest absolute Gasteiger partial charge is 0.456 e. The van der Waals surface area contributed by atoms with Crippen molar-refractivity contribution >= 4 is 17.9 Å². The third kappa shape index (κ3) is 4.03. The number of ether oxygens (including phenoxy) is 4. The van der Waals surface area contributed by atoms with Crippen molar-refractivity contribution < 1.29 is 33.3 Å². The van der Waals surface area contributed by atoms with Crippen molar-refractivity contribution in [3.8, 4) is 23.0 Å². The van der Waals surface area contributed by atoms with Crippen LogP contribution in [0.15, 0.2) is 121 Å². The highest BCUT2D eigenvalue weighted by atomic mass is 16.6. The zero-order valence-electron chi connectivity index (χ0n) is 21.4. The number of hydrogen-bond acceptors (Lipinski definition) is 7. The highest BCUT2D eigenvalue weighted by Crippen LogP contribution is 2.57. The van der Waals surface area contributed by atoms with Gasteiger partial charge in [0.25, 0.3) is 0 Å². The lowest BCUT2D eigenvalue weighted by Gasteiger charge is -2.36. The minimum Gasteiger partial charge on any atom is -0.456 e. The molecule has 5 aromatic carbocycles. The van der Waals surface area contributed by atoms with Crippen LogP contribution < -0.4 is 14.2 Å². The molecule has 0 amide bonds. The van der Waals surface area contributed by atoms with Crippen LogP contribution in [0.2, 0.25) is 0 Å². The van der Waals surface area contributed by atoms with Gasteiger partial charge in [0.15, 0.2) is 5.60 Å². The van der Waals surface area contributed by atoms with E-state index in [1.54, 1.807) is 97.1 Å². The first-order valence-corrected chi connectivity index (χ1v) is 12.9. The Morgan fingerprint density at radius 3 is 1.59 bits per heavy atom. The van der Waals surface area contributed by atoms with E-state index in [0.29, 0.717) is 44.9 Å². The molecule has 41 heavy (non-hydrogen) atoms. The van der Waals surface area contributed by atoms with E-state index in [-0.39, 0.29) is 11.5 Å². The summed E-state index contributed by atoms with van der Waals surface area (Å²) in [6.45, 7) is 0. The average Bonchev–Trinajstić information content (AvgIpc) is 3.30. The molecule has 2 aliphatic rings. The van der Waals surface area contributed by atoms with Crippen molar-refractivity contribution in [2.24, 2.45) is 0 Å². The van der Waals surface area contributed by atoms with Gasteiger partial charge in [-0.1, -0.05) is 54.6 Å². The lowest BCUT2D eigenvalue weighted by Crippen LogP contribution is -2.33. The number of fused-ring (bicyclic) bond motifs is 6. The second-order valence-electron chi connectivity index (χ2n) is 9.55. The molecule has 0 saturated carbocycles. The second-order valence-corrected chi connectivity index (χ2v) is 9.55. The molecule has 198 valence electrons. The summed E-state index contributed by atoms with van der Waals surface area (Å²) in [7, 11) is 0. The molecule has 2 aliphatic heterocycles. The molecule has 0 saturated heterocycles. The fraction of sp³-hybridized carbons (Fsp3) is 0.0294. The Labute approximate surface area is 234 Å². The standard InChI is InChI=1S/C34H20O7/c35-31(21-9-3-1-4-10-21)38-23-15-17-27-29(19-23)40-30-20-24(39-32(36)22-11-5-2-6-12-22)16-18-28(30)34(27)26-14-8-7-13-25(26)33(37)41-34/h1-20H. The van der Waals surface area contributed by atoms with E-state index < -0.39 is 23.5 Å². The number of rotatable bonds is 4. The van der Waals surface area contributed by atoms with Gasteiger partial charge in [-0.25, -0.2) is 14.4 Å². The molecule has 7 heteroatoms. The van der Waals surface area contributed by atoms with Gasteiger partial charge in [-0.3, -0.25) is 0 Å². The Morgan fingerprint density at radius 1 is 0.561 bits per heavy atom. The van der Waals surface area contributed by atoms with Crippen molar-refractivity contribution in [1.29, 1.82) is 0 Å². The fourth-order valence-electron chi connectivity index (χ4n) is 5.24. The molecular weight excluding hydrogens is 520 g/mol. The van der Waals surface area contributed by atoms with Crippen LogP contribution in [0.25, 0.3) is 0 Å². The molecule has 0 atom stereocenters. The summed E-state index contributed by atoms with van der Waals surface area (Å²) in [5, 5.41) is 0. The van der Waals surface area contributed by atoms with E-state index in [1.165, 1.54) is 0 Å². The lowest BCUT2D eigenvalue weighted by molar-refractivity contribution is 0.0224. The Hall–Kier alpha value is -5.69. The van der Waals surface area contributed by atoms with Gasteiger partial charge < -0.3 is 18.9 Å². The summed E-state index contributed by atoms with van der Waals surface area (Å²) in [6, 6.07) is 34.3. The highest BCUT2D eigenvalue weighted by Gasteiger charge is 2.53. The molecule has 5 aromatic rings. The van der Waals surface area contributed by atoms with Crippen molar-refractivity contribution in [3.63, 3.8) is 0 Å². The number of benzene rings is 5. The molecule has 0 N–H and O–H groups in total. The van der Waals surface area contributed by atoms with Crippen LogP contribution >= 0.6 is 0 Å². The molecule has 2 heterocycles. The molecule has 0 fully saturated rings. The van der Waals surface area contributed by atoms with Crippen molar-refractivity contribution in [2.75, 3.05) is 0 Å². The van der Waals surface area contributed by atoms with Crippen LogP contribution in [0.1, 0.15) is 47.8 Å². The molecule has 0 aromatic heterocycles. The molecule has 7 rings (SSSR count). The van der Waals surface area contributed by atoms with Gasteiger partial charge in [-0.15, -0.1) is 0 Å². The predicted octanol–water partition coefficient (Wildman–Crippen LogP) is 6.69. The molecular formula is C34H20O7. The van der Waals surface area contributed by atoms with Crippen molar-refractivity contribution in [2.45, 2.75) is 5.60 Å². The van der Waals surface area contributed by atoms with Gasteiger partial charge in [0, 0.05) is 28.8 Å². The van der Waals surface area contributed by atoms with Crippen molar-refractivity contribution in [1.82, 2.24) is 0 Å². The van der Waals surface area contributed by atoms with E-state index in [1.807, 2.05) is 24.3 Å². The predicted molar refractivity (Wildman–Crippen MR) is 147 cm³/mol. The summed E-state index contributed by atoms with van der Waals surface area (Å²) < 4.78 is 23.7. The van der Waals surface area contributed by atoms with Gasteiger partial charge in [0.1, 0.15) is 23.0 Å². The van der Waals surface area contributed by atoms with E-state index >= 15 is 0 Å². The van der Waals surface area contributed by atoms with Crippen LogP contribution in [0.4, 0.5) is 0 Å². The van der Waals surface area contributed by atoms with E-state index in [9.17, 15) is 14.4 Å². The van der Waals surface area contributed by atoms with Crippen LogP contribution in [0.3, 0.4) is 0 Å². The third-order valence-electron chi connectivity index (χ3n) is 7.10. The highest BCUT2D eigenvalue weighted by molar-refractivity contribution is 5.97. The molecule has 0 bridgehead atoms. The zero-order chi connectivity index (χ0) is 28.0. The maximum Gasteiger partial charge on any atom is 0.343 e. The second kappa shape index (κ2) is 9.50. The summed E-state index contributed by atoms with van der Waals surface area (Å²) in [6.07, 6.45) is 0. The van der Waals surface area contributed by atoms with Gasteiger partial charge in [-0.05, 0) is 54.6 Å². The van der Waals surface area contributed by atoms with Gasteiger partial charge >= 0.3 is 17.9 Å². The average molecular weight is 541 g/mol. The molecule has 1 spiro atoms.